The van der Waals surface area contributed by atoms with Gasteiger partial charge in [-0.2, -0.15) is 0 Å². The van der Waals surface area contributed by atoms with Gasteiger partial charge in [-0.3, -0.25) is 14.9 Å². The van der Waals surface area contributed by atoms with Gasteiger partial charge in [-0.25, -0.2) is 9.69 Å². The van der Waals surface area contributed by atoms with Crippen LogP contribution in [0.1, 0.15) is 16.7 Å². The number of carbonyl (C=O) groups excluding carboxylic acids is 3. The van der Waals surface area contributed by atoms with E-state index in [0.29, 0.717) is 23.4 Å². The molecule has 33 heavy (non-hydrogen) atoms. The van der Waals surface area contributed by atoms with E-state index in [1.165, 1.54) is 6.08 Å². The van der Waals surface area contributed by atoms with Crippen LogP contribution in [-0.2, 0) is 16.0 Å². The molecule has 0 atom stereocenters. The lowest BCUT2D eigenvalue weighted by Gasteiger charge is -2.26. The Bertz CT molecular complexity index is 1290. The summed E-state index contributed by atoms with van der Waals surface area (Å²) >= 11 is 6.89. The average molecular weight is 570 g/mol. The zero-order valence-corrected chi connectivity index (χ0v) is 20.6. The number of methoxy groups -OCH3 is 1. The Morgan fingerprint density at radius 2 is 1.67 bits per heavy atom. The van der Waals surface area contributed by atoms with Crippen LogP contribution in [0.25, 0.3) is 6.08 Å². The number of carbonyl (C=O) groups is 3. The van der Waals surface area contributed by atoms with E-state index < -0.39 is 17.8 Å². The molecule has 0 spiro atoms. The van der Waals surface area contributed by atoms with Crippen molar-refractivity contribution >= 4 is 61.5 Å². The Labute approximate surface area is 207 Å². The number of barbiturate groups is 1. The fourth-order valence-corrected chi connectivity index (χ4v) is 4.18. The minimum atomic E-state index is -0.786. The third-order valence-corrected chi connectivity index (χ3v) is 6.45. The summed E-state index contributed by atoms with van der Waals surface area (Å²) in [5.74, 6) is -0.804. The third-order valence-electron chi connectivity index (χ3n) is 5.15. The molecule has 1 fully saturated rings. The number of anilines is 1. The fraction of sp³-hybridized carbons (Fsp3) is 0.0800. The highest BCUT2D eigenvalue weighted by Crippen LogP contribution is 2.28. The molecule has 0 radical (unpaired) electrons. The highest BCUT2D eigenvalue weighted by atomic mass is 79.9. The maximum Gasteiger partial charge on any atom is 0.335 e. The Morgan fingerprint density at radius 3 is 2.36 bits per heavy atom. The quantitative estimate of drug-likeness (QED) is 0.326. The summed E-state index contributed by atoms with van der Waals surface area (Å²) in [6.07, 6.45) is 2.10. The maximum atomic E-state index is 13.1. The third kappa shape index (κ3) is 4.91. The number of halogens is 2. The van der Waals surface area contributed by atoms with Gasteiger partial charge in [-0.1, -0.05) is 62.2 Å². The molecule has 1 aliphatic heterocycles. The monoisotopic (exact) mass is 568 g/mol. The van der Waals surface area contributed by atoms with Gasteiger partial charge in [0.25, 0.3) is 11.8 Å². The number of imide groups is 2. The molecule has 1 heterocycles. The number of amides is 4. The number of urea groups is 1. The van der Waals surface area contributed by atoms with Crippen LogP contribution >= 0.6 is 31.9 Å². The van der Waals surface area contributed by atoms with Crippen LogP contribution in [0.4, 0.5) is 10.5 Å². The summed E-state index contributed by atoms with van der Waals surface area (Å²) < 4.78 is 7.36. The van der Waals surface area contributed by atoms with E-state index in [4.69, 9.17) is 4.74 Å². The van der Waals surface area contributed by atoms with Gasteiger partial charge in [0.1, 0.15) is 11.3 Å². The smallest absolute Gasteiger partial charge is 0.335 e. The molecule has 0 bridgehead atoms. The lowest BCUT2D eigenvalue weighted by molar-refractivity contribution is -0.122. The molecule has 8 heteroatoms. The second-order valence-electron chi connectivity index (χ2n) is 7.27. The van der Waals surface area contributed by atoms with Gasteiger partial charge in [-0.05, 0) is 59.2 Å². The van der Waals surface area contributed by atoms with E-state index in [1.54, 1.807) is 37.4 Å². The van der Waals surface area contributed by atoms with Crippen molar-refractivity contribution < 1.29 is 19.1 Å². The van der Waals surface area contributed by atoms with Gasteiger partial charge >= 0.3 is 6.03 Å². The molecule has 6 nitrogen and oxygen atoms in total. The van der Waals surface area contributed by atoms with Crippen molar-refractivity contribution in [1.82, 2.24) is 5.32 Å². The van der Waals surface area contributed by atoms with Crippen LogP contribution in [0.3, 0.4) is 0 Å². The number of nitrogens with one attached hydrogen (secondary N) is 1. The van der Waals surface area contributed by atoms with E-state index in [-0.39, 0.29) is 5.57 Å². The lowest BCUT2D eigenvalue weighted by atomic mass is 10.0. The molecule has 1 N–H and O–H groups in total. The van der Waals surface area contributed by atoms with Crippen molar-refractivity contribution in [3.05, 3.63) is 97.9 Å². The van der Waals surface area contributed by atoms with Gasteiger partial charge in [0.05, 0.1) is 12.8 Å². The fourth-order valence-electron chi connectivity index (χ4n) is 3.49. The van der Waals surface area contributed by atoms with E-state index in [2.05, 4.69) is 37.2 Å². The van der Waals surface area contributed by atoms with E-state index in [9.17, 15) is 14.4 Å². The van der Waals surface area contributed by atoms with Crippen LogP contribution in [0.2, 0.25) is 0 Å². The molecule has 3 aromatic rings. The van der Waals surface area contributed by atoms with Crippen molar-refractivity contribution in [2.24, 2.45) is 0 Å². The van der Waals surface area contributed by atoms with Gasteiger partial charge in [-0.15, -0.1) is 0 Å². The Kier molecular flexibility index (Phi) is 6.76. The summed E-state index contributed by atoms with van der Waals surface area (Å²) in [6, 6.07) is 19.3. The molecule has 0 aromatic heterocycles. The van der Waals surface area contributed by atoms with E-state index in [1.807, 2.05) is 36.4 Å². The molecule has 0 saturated carbocycles. The van der Waals surface area contributed by atoms with Gasteiger partial charge in [0.15, 0.2) is 0 Å². The Hall–Kier alpha value is -3.23. The molecule has 4 rings (SSSR count). The topological polar surface area (TPSA) is 75.7 Å². The van der Waals surface area contributed by atoms with Gasteiger partial charge in [0, 0.05) is 15.4 Å². The number of nitrogens with zero attached hydrogens (tertiary/aromatic N) is 1. The summed E-state index contributed by atoms with van der Waals surface area (Å²) in [7, 11) is 1.57. The molecule has 0 aliphatic carbocycles. The Morgan fingerprint density at radius 1 is 0.939 bits per heavy atom. The van der Waals surface area contributed by atoms with Crippen molar-refractivity contribution in [3.63, 3.8) is 0 Å². The molecule has 0 unspecified atom stereocenters. The second-order valence-corrected chi connectivity index (χ2v) is 9.04. The lowest BCUT2D eigenvalue weighted by Crippen LogP contribution is -2.54. The number of rotatable bonds is 5. The SMILES string of the molecule is COc1cc(/C=C2\C(=O)NC(=O)N(c3ccc(Br)cc3)C2=O)ccc1Cc1ccccc1Br. The van der Waals surface area contributed by atoms with Crippen LogP contribution in [0.5, 0.6) is 5.75 Å². The Balaban J connectivity index is 1.66. The van der Waals surface area contributed by atoms with Crippen molar-refractivity contribution in [3.8, 4) is 5.75 Å². The molecule has 1 aliphatic rings. The largest absolute Gasteiger partial charge is 0.496 e. The highest BCUT2D eigenvalue weighted by Gasteiger charge is 2.36. The van der Waals surface area contributed by atoms with E-state index in [0.717, 1.165) is 25.0 Å². The normalized spacial score (nSPS) is 15.1. The average Bonchev–Trinajstić information content (AvgIpc) is 2.80. The molecule has 1 saturated heterocycles. The standard InChI is InChI=1S/C25H18Br2N2O4/c1-33-22-13-15(6-7-17(22)14-16-4-2-3-5-21(16)27)12-20-23(30)28-25(32)29(24(20)31)19-10-8-18(26)9-11-19/h2-13H,14H2,1H3,(H,28,30,32)/b20-12+. The van der Waals surface area contributed by atoms with Crippen molar-refractivity contribution in [2.45, 2.75) is 6.42 Å². The van der Waals surface area contributed by atoms with Crippen LogP contribution in [-0.4, -0.2) is 25.0 Å². The van der Waals surface area contributed by atoms with E-state index >= 15 is 0 Å². The zero-order chi connectivity index (χ0) is 23.5. The summed E-state index contributed by atoms with van der Waals surface area (Å²) in [5, 5.41) is 2.23. The molecular formula is C25H18Br2N2O4. The molecule has 3 aromatic carbocycles. The number of benzene rings is 3. The van der Waals surface area contributed by atoms with Crippen molar-refractivity contribution in [1.29, 1.82) is 0 Å². The maximum absolute atomic E-state index is 13.1. The van der Waals surface area contributed by atoms with Crippen LogP contribution in [0.15, 0.2) is 81.2 Å². The predicted molar refractivity (Wildman–Crippen MR) is 133 cm³/mol. The summed E-state index contributed by atoms with van der Waals surface area (Å²) in [4.78, 5) is 38.8. The minimum absolute atomic E-state index is 0.141. The van der Waals surface area contributed by atoms with Gasteiger partial charge in [0.2, 0.25) is 0 Å². The first-order valence-electron chi connectivity index (χ1n) is 9.94. The molecule has 166 valence electrons. The van der Waals surface area contributed by atoms with Gasteiger partial charge < -0.3 is 4.74 Å². The minimum Gasteiger partial charge on any atom is -0.496 e. The van der Waals surface area contributed by atoms with Crippen LogP contribution in [0, 0.1) is 0 Å². The van der Waals surface area contributed by atoms with Crippen molar-refractivity contribution in [2.75, 3.05) is 12.0 Å². The zero-order valence-electron chi connectivity index (χ0n) is 17.5. The number of hydrogen-bond donors (Lipinski definition) is 1. The predicted octanol–water partition coefficient (Wildman–Crippen LogP) is 5.48. The first-order chi connectivity index (χ1) is 15.9. The summed E-state index contributed by atoms with van der Waals surface area (Å²) in [5.41, 5.74) is 2.88. The number of hydrogen-bond acceptors (Lipinski definition) is 4. The molecular weight excluding hydrogens is 552 g/mol. The first-order valence-corrected chi connectivity index (χ1v) is 11.5. The second kappa shape index (κ2) is 9.72. The highest BCUT2D eigenvalue weighted by molar-refractivity contribution is 9.10. The first kappa shape index (κ1) is 22.9. The molecule has 4 amide bonds. The summed E-state index contributed by atoms with van der Waals surface area (Å²) in [6.45, 7) is 0. The van der Waals surface area contributed by atoms with Crippen LogP contribution < -0.4 is 15.0 Å². The number of ether oxygens (including phenoxy) is 1.